The van der Waals surface area contributed by atoms with Gasteiger partial charge in [0.25, 0.3) is 5.91 Å². The number of rotatable bonds is 4. The molecule has 0 fully saturated rings. The second-order valence-electron chi connectivity index (χ2n) is 6.57. The van der Waals surface area contributed by atoms with E-state index in [2.05, 4.69) is 5.32 Å². The zero-order chi connectivity index (χ0) is 19.5. The lowest BCUT2D eigenvalue weighted by Crippen LogP contribution is -2.13. The van der Waals surface area contributed by atoms with Crippen molar-refractivity contribution in [2.75, 3.05) is 12.4 Å². The van der Waals surface area contributed by atoms with E-state index in [9.17, 15) is 4.79 Å². The van der Waals surface area contributed by atoms with Crippen LogP contribution in [0.15, 0.2) is 78.9 Å². The van der Waals surface area contributed by atoms with E-state index in [-0.39, 0.29) is 5.91 Å². The summed E-state index contributed by atoms with van der Waals surface area (Å²) in [5.74, 6) is 0.577. The van der Waals surface area contributed by atoms with Crippen LogP contribution in [0.1, 0.15) is 15.9 Å². The topological polar surface area (TPSA) is 51.2 Å². The molecule has 1 aromatic heterocycles. The third-order valence-electron chi connectivity index (χ3n) is 4.73. The van der Waals surface area contributed by atoms with Gasteiger partial charge in [-0.1, -0.05) is 42.5 Å². The molecule has 0 aliphatic rings. The van der Waals surface area contributed by atoms with Crippen LogP contribution in [0.3, 0.4) is 0 Å². The normalized spacial score (nSPS) is 10.6. The summed E-state index contributed by atoms with van der Waals surface area (Å²) in [7, 11) is 1.61. The zero-order valence-corrected chi connectivity index (χ0v) is 15.8. The molecule has 4 aromatic rings. The number of hydrogen-bond donors (Lipinski definition) is 1. The lowest BCUT2D eigenvalue weighted by molar-refractivity contribution is 0.102. The fraction of sp³-hybridized carbons (Fsp3) is 0.0833. The molecule has 28 heavy (non-hydrogen) atoms. The smallest absolute Gasteiger partial charge is 0.256 e. The fourth-order valence-electron chi connectivity index (χ4n) is 3.23. The first-order chi connectivity index (χ1) is 13.7. The Morgan fingerprint density at radius 3 is 2.39 bits per heavy atom. The fourth-order valence-corrected chi connectivity index (χ4v) is 3.23. The van der Waals surface area contributed by atoms with Gasteiger partial charge in [-0.15, -0.1) is 0 Å². The molecule has 1 heterocycles. The minimum Gasteiger partial charge on any atom is -0.497 e. The zero-order valence-electron chi connectivity index (χ0n) is 15.8. The maximum atomic E-state index is 13.1. The molecular weight excluding hydrogens is 348 g/mol. The molecule has 0 bridgehead atoms. The number of methoxy groups -OCH3 is 1. The number of fused-ring (bicyclic) bond motifs is 1. The Hall–Kier alpha value is -3.66. The molecule has 3 aromatic carbocycles. The number of hydrogen-bond acceptors (Lipinski definition) is 3. The van der Waals surface area contributed by atoms with E-state index < -0.39 is 0 Å². The number of nitrogens with zero attached hydrogens (tertiary/aromatic N) is 1. The van der Waals surface area contributed by atoms with E-state index in [1.165, 1.54) is 0 Å². The molecule has 4 nitrogen and oxygen atoms in total. The molecule has 1 amide bonds. The van der Waals surface area contributed by atoms with Crippen molar-refractivity contribution in [3.8, 4) is 17.0 Å². The van der Waals surface area contributed by atoms with E-state index >= 15 is 0 Å². The highest BCUT2D eigenvalue weighted by Crippen LogP contribution is 2.27. The van der Waals surface area contributed by atoms with Crippen LogP contribution in [0.4, 0.5) is 5.69 Å². The van der Waals surface area contributed by atoms with Crippen molar-refractivity contribution in [3.05, 3.63) is 90.0 Å². The molecule has 0 aliphatic carbocycles. The number of amides is 1. The van der Waals surface area contributed by atoms with Crippen LogP contribution in [0.2, 0.25) is 0 Å². The van der Waals surface area contributed by atoms with E-state index in [1.807, 2.05) is 85.8 Å². The van der Waals surface area contributed by atoms with Crippen LogP contribution in [0, 0.1) is 6.92 Å². The minimum absolute atomic E-state index is 0.168. The van der Waals surface area contributed by atoms with Gasteiger partial charge in [0, 0.05) is 16.6 Å². The summed E-state index contributed by atoms with van der Waals surface area (Å²) in [5, 5.41) is 3.80. The van der Waals surface area contributed by atoms with Gasteiger partial charge < -0.3 is 10.1 Å². The van der Waals surface area contributed by atoms with Gasteiger partial charge in [0.05, 0.1) is 23.9 Å². The molecule has 138 valence electrons. The van der Waals surface area contributed by atoms with Gasteiger partial charge in [0.2, 0.25) is 0 Å². The van der Waals surface area contributed by atoms with Gasteiger partial charge in [0.1, 0.15) is 5.75 Å². The largest absolute Gasteiger partial charge is 0.497 e. The Morgan fingerprint density at radius 2 is 1.64 bits per heavy atom. The van der Waals surface area contributed by atoms with Crippen molar-refractivity contribution in [2.24, 2.45) is 0 Å². The monoisotopic (exact) mass is 368 g/mol. The number of anilines is 1. The third-order valence-corrected chi connectivity index (χ3v) is 4.73. The van der Waals surface area contributed by atoms with Crippen LogP contribution >= 0.6 is 0 Å². The summed E-state index contributed by atoms with van der Waals surface area (Å²) in [4.78, 5) is 17.9. The van der Waals surface area contributed by atoms with Crippen molar-refractivity contribution < 1.29 is 9.53 Å². The van der Waals surface area contributed by atoms with Crippen molar-refractivity contribution in [2.45, 2.75) is 6.92 Å². The number of para-hydroxylation sites is 1. The highest BCUT2D eigenvalue weighted by molar-refractivity contribution is 6.13. The first-order valence-corrected chi connectivity index (χ1v) is 9.07. The van der Waals surface area contributed by atoms with Gasteiger partial charge >= 0.3 is 0 Å². The molecule has 0 saturated carbocycles. The van der Waals surface area contributed by atoms with Gasteiger partial charge in [-0.25, -0.2) is 4.98 Å². The molecule has 0 radical (unpaired) electrons. The van der Waals surface area contributed by atoms with Crippen molar-refractivity contribution in [1.29, 1.82) is 0 Å². The van der Waals surface area contributed by atoms with E-state index in [4.69, 9.17) is 9.72 Å². The number of pyridine rings is 1. The van der Waals surface area contributed by atoms with Gasteiger partial charge in [-0.2, -0.15) is 0 Å². The Bertz CT molecular complexity index is 1150. The van der Waals surface area contributed by atoms with Gasteiger partial charge in [-0.3, -0.25) is 4.79 Å². The molecule has 0 spiro atoms. The molecule has 4 heteroatoms. The number of aromatic nitrogens is 1. The van der Waals surface area contributed by atoms with E-state index in [0.29, 0.717) is 11.3 Å². The lowest BCUT2D eigenvalue weighted by atomic mass is 10.0. The van der Waals surface area contributed by atoms with Gasteiger partial charge in [0.15, 0.2) is 0 Å². The quantitative estimate of drug-likeness (QED) is 0.519. The Kier molecular flexibility index (Phi) is 4.77. The summed E-state index contributed by atoms with van der Waals surface area (Å²) in [6, 6.07) is 24.9. The number of aryl methyl sites for hydroxylation is 1. The van der Waals surface area contributed by atoms with E-state index in [1.54, 1.807) is 7.11 Å². The van der Waals surface area contributed by atoms with E-state index in [0.717, 1.165) is 33.5 Å². The maximum Gasteiger partial charge on any atom is 0.256 e. The van der Waals surface area contributed by atoms with Crippen molar-refractivity contribution in [1.82, 2.24) is 4.98 Å². The standard InChI is InChI=1S/C24H20N2O2/c1-16-7-3-4-8-19(16)23-15-21(20-9-5-6-10-22(20)26-23)24(27)25-17-11-13-18(28-2)14-12-17/h3-15H,1-2H3,(H,25,27). The van der Waals surface area contributed by atoms with Crippen LogP contribution in [0.5, 0.6) is 5.75 Å². The molecule has 4 rings (SSSR count). The Labute approximate surface area is 163 Å². The summed E-state index contributed by atoms with van der Waals surface area (Å²) in [5.41, 5.74) is 5.03. The summed E-state index contributed by atoms with van der Waals surface area (Å²) >= 11 is 0. The molecule has 0 unspecified atom stereocenters. The SMILES string of the molecule is COc1ccc(NC(=O)c2cc(-c3ccccc3C)nc3ccccc23)cc1. The third kappa shape index (κ3) is 3.45. The Balaban J connectivity index is 1.78. The van der Waals surface area contributed by atoms with Crippen molar-refractivity contribution in [3.63, 3.8) is 0 Å². The number of ether oxygens (including phenoxy) is 1. The van der Waals surface area contributed by atoms with Crippen LogP contribution in [0.25, 0.3) is 22.2 Å². The number of nitrogens with one attached hydrogen (secondary N) is 1. The first kappa shape index (κ1) is 17.7. The highest BCUT2D eigenvalue weighted by atomic mass is 16.5. The minimum atomic E-state index is -0.168. The molecule has 0 aliphatic heterocycles. The second kappa shape index (κ2) is 7.53. The summed E-state index contributed by atoms with van der Waals surface area (Å²) in [6.45, 7) is 2.04. The summed E-state index contributed by atoms with van der Waals surface area (Å²) < 4.78 is 5.17. The lowest BCUT2D eigenvalue weighted by Gasteiger charge is -2.12. The molecular formula is C24H20N2O2. The predicted molar refractivity (Wildman–Crippen MR) is 113 cm³/mol. The average Bonchev–Trinajstić information content (AvgIpc) is 2.74. The van der Waals surface area contributed by atoms with Crippen molar-refractivity contribution >= 4 is 22.5 Å². The van der Waals surface area contributed by atoms with Crippen LogP contribution in [-0.4, -0.2) is 18.0 Å². The summed E-state index contributed by atoms with van der Waals surface area (Å²) in [6.07, 6.45) is 0. The molecule has 0 saturated heterocycles. The predicted octanol–water partition coefficient (Wildman–Crippen LogP) is 5.47. The Morgan fingerprint density at radius 1 is 0.929 bits per heavy atom. The molecule has 0 atom stereocenters. The van der Waals surface area contributed by atoms with Crippen LogP contribution < -0.4 is 10.1 Å². The second-order valence-corrected chi connectivity index (χ2v) is 6.57. The van der Waals surface area contributed by atoms with Crippen LogP contribution in [-0.2, 0) is 0 Å². The maximum absolute atomic E-state index is 13.1. The van der Waals surface area contributed by atoms with Gasteiger partial charge in [-0.05, 0) is 48.9 Å². The highest BCUT2D eigenvalue weighted by Gasteiger charge is 2.15. The average molecular weight is 368 g/mol. The first-order valence-electron chi connectivity index (χ1n) is 9.07. The number of carbonyl (C=O) groups is 1. The number of benzene rings is 3. The molecule has 1 N–H and O–H groups in total. The number of carbonyl (C=O) groups excluding carboxylic acids is 1.